The van der Waals surface area contributed by atoms with Crippen LogP contribution in [-0.4, -0.2) is 47.6 Å². The van der Waals surface area contributed by atoms with Gasteiger partial charge in [0.15, 0.2) is 0 Å². The van der Waals surface area contributed by atoms with Crippen LogP contribution in [0.15, 0.2) is 48.8 Å². The molecule has 1 unspecified atom stereocenters. The summed E-state index contributed by atoms with van der Waals surface area (Å²) in [6.45, 7) is 0. The van der Waals surface area contributed by atoms with Gasteiger partial charge in [-0.3, -0.25) is 14.8 Å². The van der Waals surface area contributed by atoms with Crippen molar-refractivity contribution in [3.63, 3.8) is 0 Å². The van der Waals surface area contributed by atoms with Crippen molar-refractivity contribution >= 4 is 38.8 Å². The maximum Gasteiger partial charge on any atom is 0.232 e. The minimum atomic E-state index is -0.769. The van der Waals surface area contributed by atoms with Crippen molar-refractivity contribution in [1.82, 2.24) is 30.4 Å². The Morgan fingerprint density at radius 2 is 1.71 bits per heavy atom. The van der Waals surface area contributed by atoms with Gasteiger partial charge in [0.2, 0.25) is 16.2 Å². The largest absolute Gasteiger partial charge is 0.373 e. The first-order valence-corrected chi connectivity index (χ1v) is 12.9. The number of nitrogens with zero attached hydrogens (tertiary/aromatic N) is 6. The van der Waals surface area contributed by atoms with Gasteiger partial charge in [0.1, 0.15) is 16.2 Å². The Labute approximate surface area is 209 Å². The standard InChI is InChI=1S/C23H24N8O2S2/c32-18(12-16-5-1-3-7-24-16)26-22-30-28-20(34-22)11-14-9-15(10-14)21-29-31-23(35-21)27-19(33)13-17-6-2-4-8-25-17/h1-8,14-15,18,32H,9-13H2,(H,26,30)(H,27,31,33). The highest BCUT2D eigenvalue weighted by molar-refractivity contribution is 7.15. The number of nitrogens with one attached hydrogen (secondary N) is 2. The Hall–Kier alpha value is -3.35. The molecule has 35 heavy (non-hydrogen) atoms. The van der Waals surface area contributed by atoms with Crippen LogP contribution in [0.2, 0.25) is 0 Å². The molecule has 1 aliphatic rings. The molecule has 0 aromatic carbocycles. The first kappa shape index (κ1) is 23.4. The number of aliphatic hydroxyl groups is 1. The summed E-state index contributed by atoms with van der Waals surface area (Å²) in [7, 11) is 0. The maximum absolute atomic E-state index is 12.2. The van der Waals surface area contributed by atoms with Gasteiger partial charge in [-0.05, 0) is 43.0 Å². The topological polar surface area (TPSA) is 139 Å². The van der Waals surface area contributed by atoms with E-state index in [2.05, 4.69) is 41.0 Å². The van der Waals surface area contributed by atoms with E-state index in [4.69, 9.17) is 0 Å². The van der Waals surface area contributed by atoms with E-state index in [1.807, 2.05) is 36.4 Å². The van der Waals surface area contributed by atoms with Gasteiger partial charge < -0.3 is 15.7 Å². The molecule has 1 saturated carbocycles. The Morgan fingerprint density at radius 1 is 0.971 bits per heavy atom. The summed E-state index contributed by atoms with van der Waals surface area (Å²) >= 11 is 2.90. The second-order valence-corrected chi connectivity index (χ2v) is 10.5. The number of carbonyl (C=O) groups excluding carboxylic acids is 1. The van der Waals surface area contributed by atoms with Crippen molar-refractivity contribution < 1.29 is 9.90 Å². The van der Waals surface area contributed by atoms with E-state index in [0.29, 0.717) is 34.2 Å². The van der Waals surface area contributed by atoms with Crippen molar-refractivity contribution in [1.29, 1.82) is 0 Å². The molecular formula is C23H24N8O2S2. The highest BCUT2D eigenvalue weighted by atomic mass is 32.1. The number of aliphatic hydroxyl groups excluding tert-OH is 1. The number of amides is 1. The zero-order valence-corrected chi connectivity index (χ0v) is 20.4. The SMILES string of the molecule is O=C(Cc1ccccn1)Nc1nnc(C2CC(Cc3nnc(NC(O)Cc4ccccn4)s3)C2)s1. The number of pyridine rings is 2. The Bertz CT molecular complexity index is 1240. The summed E-state index contributed by atoms with van der Waals surface area (Å²) in [4.78, 5) is 20.6. The smallest absolute Gasteiger partial charge is 0.232 e. The van der Waals surface area contributed by atoms with Gasteiger partial charge in [-0.1, -0.05) is 34.8 Å². The molecule has 10 nitrogen and oxygen atoms in total. The quantitative estimate of drug-likeness (QED) is 0.276. The number of hydrogen-bond donors (Lipinski definition) is 3. The van der Waals surface area contributed by atoms with Crippen molar-refractivity contribution in [3.05, 3.63) is 70.2 Å². The number of hydrogen-bond acceptors (Lipinski definition) is 11. The molecule has 4 aromatic rings. The van der Waals surface area contributed by atoms with Crippen LogP contribution in [0.25, 0.3) is 0 Å². The Kier molecular flexibility index (Phi) is 7.31. The average molecular weight is 509 g/mol. The van der Waals surface area contributed by atoms with Gasteiger partial charge in [0.25, 0.3) is 0 Å². The van der Waals surface area contributed by atoms with Gasteiger partial charge in [-0.25, -0.2) is 0 Å². The number of carbonyl (C=O) groups is 1. The molecule has 1 amide bonds. The molecule has 1 fully saturated rings. The van der Waals surface area contributed by atoms with Crippen LogP contribution in [0, 0.1) is 5.92 Å². The van der Waals surface area contributed by atoms with E-state index in [-0.39, 0.29) is 12.3 Å². The fourth-order valence-corrected chi connectivity index (χ4v) is 5.72. The lowest BCUT2D eigenvalue weighted by atomic mass is 9.74. The van der Waals surface area contributed by atoms with Gasteiger partial charge >= 0.3 is 0 Å². The summed E-state index contributed by atoms with van der Waals surface area (Å²) in [5, 5.41) is 35.9. The molecule has 0 aliphatic heterocycles. The van der Waals surface area contributed by atoms with Crippen LogP contribution in [0.1, 0.15) is 40.2 Å². The van der Waals surface area contributed by atoms with Crippen LogP contribution >= 0.6 is 22.7 Å². The normalized spacial score (nSPS) is 18.0. The molecular weight excluding hydrogens is 484 g/mol. The van der Waals surface area contributed by atoms with Gasteiger partial charge in [-0.2, -0.15) is 0 Å². The molecule has 3 N–H and O–H groups in total. The third kappa shape index (κ3) is 6.41. The van der Waals surface area contributed by atoms with Crippen molar-refractivity contribution in [2.45, 2.75) is 44.2 Å². The monoisotopic (exact) mass is 508 g/mol. The molecule has 0 saturated heterocycles. The summed E-state index contributed by atoms with van der Waals surface area (Å²) in [5.74, 6) is 0.707. The van der Waals surface area contributed by atoms with Crippen LogP contribution in [-0.2, 0) is 24.1 Å². The molecule has 0 radical (unpaired) electrons. The Balaban J connectivity index is 1.05. The van der Waals surface area contributed by atoms with E-state index in [1.54, 1.807) is 12.4 Å². The lowest BCUT2D eigenvalue weighted by Crippen LogP contribution is -2.23. The van der Waals surface area contributed by atoms with Gasteiger partial charge in [0, 0.05) is 42.5 Å². The zero-order valence-electron chi connectivity index (χ0n) is 18.7. The predicted molar refractivity (Wildman–Crippen MR) is 133 cm³/mol. The number of aromatic nitrogens is 6. The number of anilines is 2. The highest BCUT2D eigenvalue weighted by Gasteiger charge is 2.33. The third-order valence-electron chi connectivity index (χ3n) is 5.69. The van der Waals surface area contributed by atoms with Crippen molar-refractivity contribution in [2.75, 3.05) is 10.6 Å². The van der Waals surface area contributed by atoms with E-state index in [0.717, 1.165) is 35.0 Å². The lowest BCUT2D eigenvalue weighted by molar-refractivity contribution is -0.115. The van der Waals surface area contributed by atoms with Crippen LogP contribution < -0.4 is 10.6 Å². The summed E-state index contributed by atoms with van der Waals surface area (Å²) in [5.41, 5.74) is 1.53. The molecule has 4 aromatic heterocycles. The number of rotatable bonds is 10. The Morgan fingerprint density at radius 3 is 2.46 bits per heavy atom. The van der Waals surface area contributed by atoms with E-state index < -0.39 is 6.23 Å². The minimum Gasteiger partial charge on any atom is -0.373 e. The molecule has 1 aliphatic carbocycles. The first-order chi connectivity index (χ1) is 17.1. The van der Waals surface area contributed by atoms with E-state index in [1.165, 1.54) is 22.7 Å². The van der Waals surface area contributed by atoms with Gasteiger partial charge in [-0.15, -0.1) is 20.4 Å². The second kappa shape index (κ2) is 10.9. The second-order valence-electron chi connectivity index (χ2n) is 8.42. The molecule has 0 spiro atoms. The molecule has 12 heteroatoms. The molecule has 0 bridgehead atoms. The highest BCUT2D eigenvalue weighted by Crippen LogP contribution is 2.45. The van der Waals surface area contributed by atoms with Gasteiger partial charge in [0.05, 0.1) is 6.42 Å². The molecule has 180 valence electrons. The maximum atomic E-state index is 12.2. The first-order valence-electron chi connectivity index (χ1n) is 11.3. The fraction of sp³-hybridized carbons (Fsp3) is 0.348. The van der Waals surface area contributed by atoms with Crippen LogP contribution in [0.3, 0.4) is 0 Å². The van der Waals surface area contributed by atoms with Crippen LogP contribution in [0.4, 0.5) is 10.3 Å². The lowest BCUT2D eigenvalue weighted by Gasteiger charge is -2.32. The molecule has 1 atom stereocenters. The summed E-state index contributed by atoms with van der Waals surface area (Å²) in [6.07, 6.45) is 6.06. The predicted octanol–water partition coefficient (Wildman–Crippen LogP) is 3.07. The zero-order chi connectivity index (χ0) is 24.0. The van der Waals surface area contributed by atoms with E-state index >= 15 is 0 Å². The summed E-state index contributed by atoms with van der Waals surface area (Å²) < 4.78 is 0. The molecule has 5 rings (SSSR count). The third-order valence-corrected chi connectivity index (χ3v) is 7.57. The average Bonchev–Trinajstić information content (AvgIpc) is 3.46. The minimum absolute atomic E-state index is 0.149. The van der Waals surface area contributed by atoms with Crippen molar-refractivity contribution in [3.8, 4) is 0 Å². The fourth-order valence-electron chi connectivity index (χ4n) is 3.94. The van der Waals surface area contributed by atoms with E-state index in [9.17, 15) is 9.90 Å². The molecule has 4 heterocycles. The summed E-state index contributed by atoms with van der Waals surface area (Å²) in [6, 6.07) is 11.1. The van der Waals surface area contributed by atoms with Crippen LogP contribution in [0.5, 0.6) is 0 Å². The van der Waals surface area contributed by atoms with Crippen molar-refractivity contribution in [2.24, 2.45) is 5.92 Å².